The van der Waals surface area contributed by atoms with Gasteiger partial charge in [0.15, 0.2) is 9.84 Å². The van der Waals surface area contributed by atoms with E-state index in [2.05, 4.69) is 11.8 Å². The van der Waals surface area contributed by atoms with Crippen LogP contribution in [0.4, 0.5) is 0 Å². The van der Waals surface area contributed by atoms with Gasteiger partial charge in [-0.2, -0.15) is 0 Å². The molecule has 0 aliphatic carbocycles. The number of primary amides is 1. The Hall–Kier alpha value is -1.74. The first kappa shape index (κ1) is 21.5. The molecule has 0 bridgehead atoms. The summed E-state index contributed by atoms with van der Waals surface area (Å²) in [4.78, 5) is 16.2. The number of carbonyl (C=O) groups is 1. The van der Waals surface area contributed by atoms with E-state index in [0.29, 0.717) is 9.77 Å². The second-order valence-corrected chi connectivity index (χ2v) is 11.6. The molecule has 2 aliphatic heterocycles. The van der Waals surface area contributed by atoms with Gasteiger partial charge >= 0.3 is 0 Å². The van der Waals surface area contributed by atoms with E-state index >= 15 is 0 Å². The Balaban J connectivity index is 1.46. The van der Waals surface area contributed by atoms with Crippen molar-refractivity contribution in [1.29, 1.82) is 0 Å². The quantitative estimate of drug-likeness (QED) is 0.759. The lowest BCUT2D eigenvalue weighted by Gasteiger charge is -2.45. The standard InChI is InChI=1S/C22H28N2O4S2/c1-3-30(26,27)18-6-4-16(5-7-18)14-24-10-8-22(9-11-24)20-17(12-15(2)28-22)13-19(29-20)21(23)25/h4-7,13,15H,3,8-12,14H2,1-2H3,(H2,23,25)/t15-/m0/s1. The Morgan fingerprint density at radius 2 is 1.93 bits per heavy atom. The molecule has 2 aromatic rings. The zero-order valence-electron chi connectivity index (χ0n) is 17.4. The molecule has 0 saturated carbocycles. The summed E-state index contributed by atoms with van der Waals surface area (Å²) >= 11 is 1.49. The zero-order valence-corrected chi connectivity index (χ0v) is 19.0. The van der Waals surface area contributed by atoms with Crippen LogP contribution >= 0.6 is 11.3 Å². The van der Waals surface area contributed by atoms with E-state index in [1.807, 2.05) is 18.2 Å². The molecule has 2 N–H and O–H groups in total. The van der Waals surface area contributed by atoms with Crippen LogP contribution in [0.1, 0.15) is 52.4 Å². The van der Waals surface area contributed by atoms with Crippen molar-refractivity contribution in [2.24, 2.45) is 5.73 Å². The average molecular weight is 449 g/mol. The van der Waals surface area contributed by atoms with Crippen LogP contribution in [0.5, 0.6) is 0 Å². The van der Waals surface area contributed by atoms with Gasteiger partial charge in [0.25, 0.3) is 5.91 Å². The molecule has 2 aliphatic rings. The first-order valence-corrected chi connectivity index (χ1v) is 12.8. The smallest absolute Gasteiger partial charge is 0.258 e. The third kappa shape index (κ3) is 4.06. The molecule has 4 rings (SSSR count). The highest BCUT2D eigenvalue weighted by Crippen LogP contribution is 2.47. The summed E-state index contributed by atoms with van der Waals surface area (Å²) in [5.41, 5.74) is 7.49. The summed E-state index contributed by atoms with van der Waals surface area (Å²) in [6.45, 7) is 6.29. The minimum absolute atomic E-state index is 0.112. The fourth-order valence-corrected chi connectivity index (χ4v) is 6.64. The predicted octanol–water partition coefficient (Wildman–Crippen LogP) is 3.09. The van der Waals surface area contributed by atoms with Crippen LogP contribution in [0.25, 0.3) is 0 Å². The Kier molecular flexibility index (Phi) is 5.78. The molecule has 1 fully saturated rings. The highest BCUT2D eigenvalue weighted by molar-refractivity contribution is 7.91. The van der Waals surface area contributed by atoms with Gasteiger partial charge in [0.1, 0.15) is 5.60 Å². The van der Waals surface area contributed by atoms with Crippen LogP contribution in [0, 0.1) is 0 Å². The second kappa shape index (κ2) is 8.07. The van der Waals surface area contributed by atoms with Gasteiger partial charge in [-0.15, -0.1) is 11.3 Å². The van der Waals surface area contributed by atoms with E-state index in [0.717, 1.165) is 44.5 Å². The van der Waals surface area contributed by atoms with Crippen molar-refractivity contribution in [1.82, 2.24) is 4.90 Å². The van der Waals surface area contributed by atoms with Gasteiger partial charge < -0.3 is 10.5 Å². The third-order valence-electron chi connectivity index (χ3n) is 6.13. The number of thiophene rings is 1. The Morgan fingerprint density at radius 1 is 1.27 bits per heavy atom. The number of piperidine rings is 1. The maximum Gasteiger partial charge on any atom is 0.258 e. The molecule has 1 atom stereocenters. The molecule has 1 spiro atoms. The maximum atomic E-state index is 12.0. The summed E-state index contributed by atoms with van der Waals surface area (Å²) in [5, 5.41) is 0. The van der Waals surface area contributed by atoms with Crippen molar-refractivity contribution in [3.8, 4) is 0 Å². The molecule has 3 heterocycles. The van der Waals surface area contributed by atoms with Crippen molar-refractivity contribution in [2.75, 3.05) is 18.8 Å². The highest BCUT2D eigenvalue weighted by Gasteiger charge is 2.44. The fraction of sp³-hybridized carbons (Fsp3) is 0.500. The monoisotopic (exact) mass is 448 g/mol. The third-order valence-corrected chi connectivity index (χ3v) is 9.26. The number of nitrogens with two attached hydrogens (primary N) is 1. The van der Waals surface area contributed by atoms with E-state index in [9.17, 15) is 13.2 Å². The highest BCUT2D eigenvalue weighted by atomic mass is 32.2. The fourth-order valence-electron chi connectivity index (χ4n) is 4.52. The number of hydrogen-bond acceptors (Lipinski definition) is 6. The molecule has 1 aromatic heterocycles. The SMILES string of the molecule is CCS(=O)(=O)c1ccc(CN2CCC3(CC2)O[C@@H](C)Cc2cc(C(N)=O)sc23)cc1. The number of rotatable bonds is 5. The molecule has 0 radical (unpaired) electrons. The molecular formula is C22H28N2O4S2. The zero-order chi connectivity index (χ0) is 21.5. The molecule has 0 unspecified atom stereocenters. The van der Waals surface area contributed by atoms with Crippen LogP contribution < -0.4 is 5.73 Å². The van der Waals surface area contributed by atoms with E-state index in [1.54, 1.807) is 19.1 Å². The van der Waals surface area contributed by atoms with Crippen molar-refractivity contribution < 1.29 is 17.9 Å². The van der Waals surface area contributed by atoms with E-state index < -0.39 is 9.84 Å². The lowest BCUT2D eigenvalue weighted by atomic mass is 9.84. The molecule has 1 saturated heterocycles. The number of fused-ring (bicyclic) bond motifs is 2. The number of likely N-dealkylation sites (tertiary alicyclic amines) is 1. The molecular weight excluding hydrogens is 420 g/mol. The Bertz CT molecular complexity index is 1040. The van der Waals surface area contributed by atoms with Crippen molar-refractivity contribution >= 4 is 27.1 Å². The molecule has 6 nitrogen and oxygen atoms in total. The minimum Gasteiger partial charge on any atom is -0.366 e. The summed E-state index contributed by atoms with van der Waals surface area (Å²) in [6.07, 6.45) is 2.67. The summed E-state index contributed by atoms with van der Waals surface area (Å²) in [6, 6.07) is 9.16. The topological polar surface area (TPSA) is 89.7 Å². The van der Waals surface area contributed by atoms with Gasteiger partial charge in [-0.05, 0) is 55.5 Å². The first-order chi connectivity index (χ1) is 14.2. The first-order valence-electron chi connectivity index (χ1n) is 10.4. The van der Waals surface area contributed by atoms with E-state index in [1.165, 1.54) is 21.8 Å². The van der Waals surface area contributed by atoms with Crippen LogP contribution in [-0.4, -0.2) is 44.2 Å². The van der Waals surface area contributed by atoms with Gasteiger partial charge in [-0.1, -0.05) is 19.1 Å². The largest absolute Gasteiger partial charge is 0.366 e. The number of nitrogens with zero attached hydrogens (tertiary/aromatic N) is 1. The summed E-state index contributed by atoms with van der Waals surface area (Å²) in [5.74, 6) is -0.260. The van der Waals surface area contributed by atoms with E-state index in [-0.39, 0.29) is 23.4 Å². The van der Waals surface area contributed by atoms with Crippen LogP contribution in [0.2, 0.25) is 0 Å². The molecule has 162 valence electrons. The van der Waals surface area contributed by atoms with Crippen molar-refractivity contribution in [2.45, 2.75) is 56.3 Å². The number of sulfone groups is 1. The predicted molar refractivity (Wildman–Crippen MR) is 117 cm³/mol. The van der Waals surface area contributed by atoms with Crippen molar-refractivity contribution in [3.05, 3.63) is 51.2 Å². The van der Waals surface area contributed by atoms with Gasteiger partial charge in [-0.3, -0.25) is 9.69 Å². The lowest BCUT2D eigenvalue weighted by Crippen LogP contribution is -2.47. The van der Waals surface area contributed by atoms with Gasteiger partial charge in [-0.25, -0.2) is 8.42 Å². The number of ether oxygens (including phenoxy) is 1. The Morgan fingerprint density at radius 3 is 2.53 bits per heavy atom. The number of carbonyl (C=O) groups excluding carboxylic acids is 1. The Labute approximate surface area is 181 Å². The van der Waals surface area contributed by atoms with Gasteiger partial charge in [0.05, 0.1) is 21.6 Å². The summed E-state index contributed by atoms with van der Waals surface area (Å²) in [7, 11) is -3.17. The van der Waals surface area contributed by atoms with E-state index in [4.69, 9.17) is 10.5 Å². The number of benzene rings is 1. The van der Waals surface area contributed by atoms with Gasteiger partial charge in [0.2, 0.25) is 0 Å². The van der Waals surface area contributed by atoms with Crippen molar-refractivity contribution in [3.63, 3.8) is 0 Å². The summed E-state index contributed by atoms with van der Waals surface area (Å²) < 4.78 is 30.4. The average Bonchev–Trinajstić information content (AvgIpc) is 3.15. The van der Waals surface area contributed by atoms with Gasteiger partial charge in [0, 0.05) is 24.5 Å². The van der Waals surface area contributed by atoms with Crippen LogP contribution in [0.3, 0.4) is 0 Å². The maximum absolute atomic E-state index is 12.0. The molecule has 1 aromatic carbocycles. The molecule has 1 amide bonds. The minimum atomic E-state index is -3.17. The van der Waals surface area contributed by atoms with Crippen LogP contribution in [-0.2, 0) is 33.1 Å². The lowest BCUT2D eigenvalue weighted by molar-refractivity contribution is -0.131. The normalized spacial score (nSPS) is 21.5. The number of amides is 1. The second-order valence-electron chi connectivity index (χ2n) is 8.28. The molecule has 8 heteroatoms. The molecule has 30 heavy (non-hydrogen) atoms. The number of hydrogen-bond donors (Lipinski definition) is 1. The van der Waals surface area contributed by atoms with Crippen LogP contribution in [0.15, 0.2) is 35.2 Å².